The zero-order chi connectivity index (χ0) is 13.9. The summed E-state index contributed by atoms with van der Waals surface area (Å²) in [6.45, 7) is 2.22. The van der Waals surface area contributed by atoms with Crippen molar-refractivity contribution in [1.82, 2.24) is 5.32 Å². The number of carboxylic acid groups (broad SMARTS) is 1. The summed E-state index contributed by atoms with van der Waals surface area (Å²) >= 11 is 0. The van der Waals surface area contributed by atoms with Crippen molar-refractivity contribution in [3.63, 3.8) is 0 Å². The summed E-state index contributed by atoms with van der Waals surface area (Å²) < 4.78 is 0. The molecule has 0 spiro atoms. The number of hydrogen-bond donors (Lipinski definition) is 2. The van der Waals surface area contributed by atoms with Crippen molar-refractivity contribution in [3.8, 4) is 0 Å². The Labute approximate surface area is 115 Å². The third-order valence-electron chi connectivity index (χ3n) is 4.79. The van der Waals surface area contributed by atoms with Crippen LogP contribution in [0.5, 0.6) is 0 Å². The molecule has 0 saturated heterocycles. The molecule has 19 heavy (non-hydrogen) atoms. The summed E-state index contributed by atoms with van der Waals surface area (Å²) in [5.41, 5.74) is -0.278. The van der Waals surface area contributed by atoms with E-state index in [9.17, 15) is 9.59 Å². The van der Waals surface area contributed by atoms with Gasteiger partial charge in [-0.25, -0.2) is 0 Å². The van der Waals surface area contributed by atoms with Gasteiger partial charge >= 0.3 is 5.97 Å². The maximum absolute atomic E-state index is 12.1. The zero-order valence-electron chi connectivity index (χ0n) is 11.8. The molecule has 2 aliphatic rings. The molecule has 4 heteroatoms. The summed E-state index contributed by atoms with van der Waals surface area (Å²) in [6.07, 6.45) is 7.73. The smallest absolute Gasteiger partial charge is 0.303 e. The topological polar surface area (TPSA) is 66.4 Å². The van der Waals surface area contributed by atoms with Gasteiger partial charge in [-0.2, -0.15) is 0 Å². The Bertz CT molecular complexity index is 347. The zero-order valence-corrected chi connectivity index (χ0v) is 11.8. The molecule has 108 valence electrons. The first-order chi connectivity index (χ1) is 8.99. The van der Waals surface area contributed by atoms with Gasteiger partial charge in [0.15, 0.2) is 0 Å². The van der Waals surface area contributed by atoms with Crippen LogP contribution in [0.15, 0.2) is 0 Å². The van der Waals surface area contributed by atoms with E-state index < -0.39 is 5.97 Å². The summed E-state index contributed by atoms with van der Waals surface area (Å²) in [5, 5.41) is 12.1. The Morgan fingerprint density at radius 3 is 2.42 bits per heavy atom. The fourth-order valence-corrected chi connectivity index (χ4v) is 3.82. The number of amides is 1. The third-order valence-corrected chi connectivity index (χ3v) is 4.79. The predicted octanol–water partition coefficient (Wildman–Crippen LogP) is 2.72. The van der Waals surface area contributed by atoms with Gasteiger partial charge in [-0.15, -0.1) is 0 Å². The molecule has 0 aliphatic heterocycles. The number of carboxylic acids is 1. The van der Waals surface area contributed by atoms with Crippen molar-refractivity contribution in [3.05, 3.63) is 0 Å². The molecule has 0 aromatic rings. The molecule has 0 aromatic carbocycles. The van der Waals surface area contributed by atoms with Crippen LogP contribution in [0.1, 0.15) is 64.7 Å². The Hall–Kier alpha value is -1.06. The highest BCUT2D eigenvalue weighted by Crippen LogP contribution is 2.44. The molecule has 2 N–H and O–H groups in total. The van der Waals surface area contributed by atoms with Crippen molar-refractivity contribution in [2.75, 3.05) is 0 Å². The van der Waals surface area contributed by atoms with Crippen molar-refractivity contribution >= 4 is 11.9 Å². The second kappa shape index (κ2) is 5.93. The normalized spacial score (nSPS) is 29.3. The first-order valence-corrected chi connectivity index (χ1v) is 7.50. The highest BCUT2D eigenvalue weighted by molar-refractivity contribution is 5.78. The minimum Gasteiger partial charge on any atom is -0.481 e. The maximum atomic E-state index is 12.1. The first kappa shape index (κ1) is 14.4. The van der Waals surface area contributed by atoms with Crippen LogP contribution < -0.4 is 5.32 Å². The van der Waals surface area contributed by atoms with Crippen LogP contribution in [0.3, 0.4) is 0 Å². The lowest BCUT2D eigenvalue weighted by molar-refractivity contribution is -0.140. The number of nitrogens with one attached hydrogen (secondary N) is 1. The van der Waals surface area contributed by atoms with Gasteiger partial charge < -0.3 is 10.4 Å². The van der Waals surface area contributed by atoms with Gasteiger partial charge in [0, 0.05) is 12.5 Å². The maximum Gasteiger partial charge on any atom is 0.303 e. The van der Waals surface area contributed by atoms with Crippen molar-refractivity contribution in [2.24, 2.45) is 11.3 Å². The molecule has 4 nitrogen and oxygen atoms in total. The molecule has 2 atom stereocenters. The summed E-state index contributed by atoms with van der Waals surface area (Å²) in [7, 11) is 0. The minimum absolute atomic E-state index is 0.0576. The van der Waals surface area contributed by atoms with E-state index in [0.29, 0.717) is 18.4 Å². The Morgan fingerprint density at radius 2 is 1.89 bits per heavy atom. The minimum atomic E-state index is -0.774. The molecule has 2 fully saturated rings. The molecule has 0 heterocycles. The molecule has 2 rings (SSSR count). The molecule has 2 aliphatic carbocycles. The van der Waals surface area contributed by atoms with E-state index in [2.05, 4.69) is 12.2 Å². The van der Waals surface area contributed by atoms with Gasteiger partial charge in [0.25, 0.3) is 0 Å². The van der Waals surface area contributed by atoms with Crippen LogP contribution in [-0.2, 0) is 9.59 Å². The molecule has 2 unspecified atom stereocenters. The lowest BCUT2D eigenvalue weighted by Crippen LogP contribution is -2.37. The summed E-state index contributed by atoms with van der Waals surface area (Å²) in [5.74, 6) is -0.0174. The van der Waals surface area contributed by atoms with Crippen molar-refractivity contribution in [2.45, 2.75) is 70.8 Å². The fourth-order valence-electron chi connectivity index (χ4n) is 3.82. The quantitative estimate of drug-likeness (QED) is 0.805. The van der Waals surface area contributed by atoms with Crippen molar-refractivity contribution < 1.29 is 14.7 Å². The van der Waals surface area contributed by atoms with E-state index in [1.165, 1.54) is 6.42 Å². The Morgan fingerprint density at radius 1 is 1.21 bits per heavy atom. The molecule has 1 amide bonds. The molecular formula is C15H25NO3. The van der Waals surface area contributed by atoms with Gasteiger partial charge in [0.2, 0.25) is 5.91 Å². The first-order valence-electron chi connectivity index (χ1n) is 7.50. The van der Waals surface area contributed by atoms with Crippen LogP contribution in [0.25, 0.3) is 0 Å². The largest absolute Gasteiger partial charge is 0.481 e. The molecule has 2 saturated carbocycles. The van der Waals surface area contributed by atoms with Gasteiger partial charge in [-0.05, 0) is 43.4 Å². The van der Waals surface area contributed by atoms with Crippen LogP contribution in [-0.4, -0.2) is 23.0 Å². The van der Waals surface area contributed by atoms with Crippen LogP contribution >= 0.6 is 0 Å². The summed E-state index contributed by atoms with van der Waals surface area (Å²) in [6, 6.07) is 0.311. The average Bonchev–Trinajstić information content (AvgIpc) is 2.87. The van der Waals surface area contributed by atoms with Gasteiger partial charge in [-0.1, -0.05) is 19.8 Å². The van der Waals surface area contributed by atoms with E-state index >= 15 is 0 Å². The van der Waals surface area contributed by atoms with Crippen LogP contribution in [0, 0.1) is 11.3 Å². The highest BCUT2D eigenvalue weighted by atomic mass is 16.4. The standard InChI is InChI=1S/C15H25NO3/c1-11-4-5-12(8-11)16-13(17)9-15(10-14(18)19)6-2-3-7-15/h11-12H,2-10H2,1H3,(H,16,17)(H,18,19). The van der Waals surface area contributed by atoms with Crippen LogP contribution in [0.2, 0.25) is 0 Å². The Balaban J connectivity index is 1.86. The van der Waals surface area contributed by atoms with Crippen LogP contribution in [0.4, 0.5) is 0 Å². The molecule has 0 radical (unpaired) electrons. The lowest BCUT2D eigenvalue weighted by Gasteiger charge is -2.27. The molecule has 0 aromatic heterocycles. The predicted molar refractivity (Wildman–Crippen MR) is 72.7 cm³/mol. The second-order valence-corrected chi connectivity index (χ2v) is 6.64. The third kappa shape index (κ3) is 3.95. The van der Waals surface area contributed by atoms with Gasteiger partial charge in [0.1, 0.15) is 0 Å². The van der Waals surface area contributed by atoms with E-state index in [4.69, 9.17) is 5.11 Å². The van der Waals surface area contributed by atoms with Gasteiger partial charge in [0.05, 0.1) is 6.42 Å². The van der Waals surface area contributed by atoms with E-state index in [-0.39, 0.29) is 17.7 Å². The number of hydrogen-bond acceptors (Lipinski definition) is 2. The number of carbonyl (C=O) groups excluding carboxylic acids is 1. The van der Waals surface area contributed by atoms with E-state index in [1.807, 2.05) is 0 Å². The average molecular weight is 267 g/mol. The SMILES string of the molecule is CC1CCC(NC(=O)CC2(CC(=O)O)CCCC2)C1. The van der Waals surface area contributed by atoms with E-state index in [1.54, 1.807) is 0 Å². The number of rotatable bonds is 5. The monoisotopic (exact) mass is 267 g/mol. The number of carbonyl (C=O) groups is 2. The van der Waals surface area contributed by atoms with E-state index in [0.717, 1.165) is 38.5 Å². The summed E-state index contributed by atoms with van der Waals surface area (Å²) in [4.78, 5) is 23.1. The molecule has 0 bridgehead atoms. The second-order valence-electron chi connectivity index (χ2n) is 6.64. The lowest BCUT2D eigenvalue weighted by atomic mass is 9.79. The fraction of sp³-hybridized carbons (Fsp3) is 0.867. The number of aliphatic carboxylic acids is 1. The van der Waals surface area contributed by atoms with Crippen molar-refractivity contribution in [1.29, 1.82) is 0 Å². The molecular weight excluding hydrogens is 242 g/mol. The van der Waals surface area contributed by atoms with Gasteiger partial charge in [-0.3, -0.25) is 9.59 Å². The highest BCUT2D eigenvalue weighted by Gasteiger charge is 2.38. The Kier molecular flexibility index (Phi) is 4.48.